The predicted molar refractivity (Wildman–Crippen MR) is 68.2 cm³/mol. The van der Waals surface area contributed by atoms with Crippen LogP contribution in [0.15, 0.2) is 24.3 Å². The van der Waals surface area contributed by atoms with Gasteiger partial charge in [-0.1, -0.05) is 25.0 Å². The first-order valence-corrected chi connectivity index (χ1v) is 6.38. The molecule has 0 saturated heterocycles. The molecule has 2 nitrogen and oxygen atoms in total. The van der Waals surface area contributed by atoms with Gasteiger partial charge in [0.25, 0.3) is 0 Å². The van der Waals surface area contributed by atoms with Crippen molar-refractivity contribution >= 4 is 0 Å². The molecule has 1 atom stereocenters. The lowest BCUT2D eigenvalue weighted by Gasteiger charge is -2.27. The van der Waals surface area contributed by atoms with Crippen LogP contribution in [0.1, 0.15) is 37.3 Å². The lowest BCUT2D eigenvalue weighted by atomic mass is 10.1. The third-order valence-corrected chi connectivity index (χ3v) is 3.71. The Morgan fingerprint density at radius 3 is 2.76 bits per heavy atom. The van der Waals surface area contributed by atoms with Crippen molar-refractivity contribution in [2.45, 2.75) is 37.8 Å². The lowest BCUT2D eigenvalue weighted by molar-refractivity contribution is 0.231. The summed E-state index contributed by atoms with van der Waals surface area (Å²) in [4.78, 5) is 2.32. The number of rotatable bonds is 4. The number of benzene rings is 1. The smallest absolute Gasteiger partial charge is 0.123 e. The monoisotopic (exact) mass is 236 g/mol. The van der Waals surface area contributed by atoms with Crippen LogP contribution in [0.5, 0.6) is 0 Å². The highest BCUT2D eigenvalue weighted by Gasteiger charge is 2.21. The molecule has 2 rings (SSSR count). The quantitative estimate of drug-likeness (QED) is 0.871. The third kappa shape index (κ3) is 3.27. The molecule has 1 fully saturated rings. The van der Waals surface area contributed by atoms with Crippen molar-refractivity contribution in [3.05, 3.63) is 35.6 Å². The van der Waals surface area contributed by atoms with Gasteiger partial charge in [-0.3, -0.25) is 0 Å². The Labute approximate surface area is 103 Å². The van der Waals surface area contributed by atoms with Gasteiger partial charge < -0.3 is 10.6 Å². The van der Waals surface area contributed by atoms with E-state index in [-0.39, 0.29) is 11.9 Å². The minimum absolute atomic E-state index is 0.101. The van der Waals surface area contributed by atoms with E-state index in [1.165, 1.54) is 37.8 Å². The van der Waals surface area contributed by atoms with Gasteiger partial charge >= 0.3 is 0 Å². The first-order valence-electron chi connectivity index (χ1n) is 6.38. The number of nitrogens with two attached hydrogens (primary N) is 1. The molecule has 1 aliphatic rings. The molecule has 0 heterocycles. The zero-order valence-corrected chi connectivity index (χ0v) is 10.4. The van der Waals surface area contributed by atoms with Crippen LogP contribution in [0.3, 0.4) is 0 Å². The van der Waals surface area contributed by atoms with Crippen molar-refractivity contribution in [3.63, 3.8) is 0 Å². The fourth-order valence-corrected chi connectivity index (χ4v) is 2.65. The molecule has 0 bridgehead atoms. The van der Waals surface area contributed by atoms with E-state index in [0.29, 0.717) is 6.04 Å². The van der Waals surface area contributed by atoms with E-state index in [9.17, 15) is 4.39 Å². The molecule has 2 N–H and O–H groups in total. The van der Waals surface area contributed by atoms with E-state index in [2.05, 4.69) is 11.9 Å². The number of nitrogens with zero attached hydrogens (tertiary/aromatic N) is 1. The zero-order valence-electron chi connectivity index (χ0n) is 10.4. The second kappa shape index (κ2) is 5.61. The highest BCUT2D eigenvalue weighted by Crippen LogP contribution is 2.24. The Hall–Kier alpha value is -0.930. The maximum atomic E-state index is 13.1. The first-order chi connectivity index (χ1) is 8.16. The average molecular weight is 236 g/mol. The van der Waals surface area contributed by atoms with Crippen LogP contribution >= 0.6 is 0 Å². The van der Waals surface area contributed by atoms with Gasteiger partial charge in [0.2, 0.25) is 0 Å². The van der Waals surface area contributed by atoms with Gasteiger partial charge in [0, 0.05) is 18.6 Å². The Morgan fingerprint density at radius 2 is 2.12 bits per heavy atom. The van der Waals surface area contributed by atoms with Crippen LogP contribution in [0, 0.1) is 5.82 Å². The van der Waals surface area contributed by atoms with Crippen LogP contribution < -0.4 is 5.73 Å². The summed E-state index contributed by atoms with van der Waals surface area (Å²) < 4.78 is 13.1. The van der Waals surface area contributed by atoms with Gasteiger partial charge in [0.05, 0.1) is 0 Å². The van der Waals surface area contributed by atoms with E-state index >= 15 is 0 Å². The summed E-state index contributed by atoms with van der Waals surface area (Å²) in [7, 11) is 2.12. The molecule has 1 unspecified atom stereocenters. The van der Waals surface area contributed by atoms with E-state index in [1.807, 2.05) is 6.07 Å². The van der Waals surface area contributed by atoms with Crippen LogP contribution in [0.4, 0.5) is 4.39 Å². The molecule has 17 heavy (non-hydrogen) atoms. The maximum Gasteiger partial charge on any atom is 0.123 e. The highest BCUT2D eigenvalue weighted by atomic mass is 19.1. The average Bonchev–Trinajstić information content (AvgIpc) is 2.82. The molecule has 1 aliphatic carbocycles. The van der Waals surface area contributed by atoms with Crippen LogP contribution in [0.2, 0.25) is 0 Å². The molecule has 3 heteroatoms. The molecule has 0 spiro atoms. The largest absolute Gasteiger partial charge is 0.323 e. The standard InChI is InChI=1S/C14H21FN2/c1-17(13-7-2-3-8-13)10-14(16)11-5-4-6-12(15)9-11/h4-6,9,13-14H,2-3,7-8,10,16H2,1H3. The Balaban J connectivity index is 1.93. The second-order valence-electron chi connectivity index (χ2n) is 5.04. The van der Waals surface area contributed by atoms with Crippen molar-refractivity contribution in [3.8, 4) is 0 Å². The molecule has 0 aromatic heterocycles. The molecule has 0 radical (unpaired) electrons. The SMILES string of the molecule is CN(CC(N)c1cccc(F)c1)C1CCCC1. The third-order valence-electron chi connectivity index (χ3n) is 3.71. The van der Waals surface area contributed by atoms with Crippen molar-refractivity contribution in [1.82, 2.24) is 4.90 Å². The van der Waals surface area contributed by atoms with E-state index in [0.717, 1.165) is 12.1 Å². The topological polar surface area (TPSA) is 29.3 Å². The van der Waals surface area contributed by atoms with Crippen molar-refractivity contribution < 1.29 is 4.39 Å². The molecular formula is C14H21FN2. The minimum Gasteiger partial charge on any atom is -0.323 e. The molecule has 0 aliphatic heterocycles. The summed E-state index contributed by atoms with van der Waals surface area (Å²) in [6.07, 6.45) is 5.19. The van der Waals surface area contributed by atoms with Gasteiger partial charge in [-0.15, -0.1) is 0 Å². The second-order valence-corrected chi connectivity index (χ2v) is 5.04. The molecule has 1 aromatic rings. The van der Waals surface area contributed by atoms with Gasteiger partial charge in [0.1, 0.15) is 5.82 Å². The molecule has 1 aromatic carbocycles. The Bertz CT molecular complexity index is 361. The van der Waals surface area contributed by atoms with Crippen molar-refractivity contribution in [1.29, 1.82) is 0 Å². The first kappa shape index (κ1) is 12.5. The highest BCUT2D eigenvalue weighted by molar-refractivity contribution is 5.20. The lowest BCUT2D eigenvalue weighted by Crippen LogP contribution is -2.35. The summed E-state index contributed by atoms with van der Waals surface area (Å²) >= 11 is 0. The molecular weight excluding hydrogens is 215 g/mol. The Kier molecular flexibility index (Phi) is 4.13. The van der Waals surface area contributed by atoms with Crippen molar-refractivity contribution in [2.75, 3.05) is 13.6 Å². The van der Waals surface area contributed by atoms with Crippen LogP contribution in [-0.4, -0.2) is 24.5 Å². The van der Waals surface area contributed by atoms with E-state index in [4.69, 9.17) is 5.73 Å². The van der Waals surface area contributed by atoms with Crippen molar-refractivity contribution in [2.24, 2.45) is 5.73 Å². The molecule has 1 saturated carbocycles. The van der Waals surface area contributed by atoms with Gasteiger partial charge in [-0.2, -0.15) is 0 Å². The molecule has 0 amide bonds. The predicted octanol–water partition coefficient (Wildman–Crippen LogP) is 2.70. The number of likely N-dealkylation sites (N-methyl/N-ethyl adjacent to an activating group) is 1. The van der Waals surface area contributed by atoms with Crippen LogP contribution in [-0.2, 0) is 0 Å². The maximum absolute atomic E-state index is 13.1. The normalized spacial score (nSPS) is 18.8. The minimum atomic E-state index is -0.207. The summed E-state index contributed by atoms with van der Waals surface area (Å²) in [5.74, 6) is -0.207. The Morgan fingerprint density at radius 1 is 1.41 bits per heavy atom. The summed E-state index contributed by atoms with van der Waals surface area (Å²) in [5, 5.41) is 0. The number of hydrogen-bond acceptors (Lipinski definition) is 2. The fraction of sp³-hybridized carbons (Fsp3) is 0.571. The van der Waals surface area contributed by atoms with Crippen LogP contribution in [0.25, 0.3) is 0 Å². The molecule has 94 valence electrons. The van der Waals surface area contributed by atoms with E-state index in [1.54, 1.807) is 6.07 Å². The van der Waals surface area contributed by atoms with Gasteiger partial charge in [-0.05, 0) is 37.6 Å². The summed E-state index contributed by atoms with van der Waals surface area (Å²) in [6.45, 7) is 0.800. The number of halogens is 1. The zero-order chi connectivity index (χ0) is 12.3. The summed E-state index contributed by atoms with van der Waals surface area (Å²) in [6, 6.07) is 7.17. The summed E-state index contributed by atoms with van der Waals surface area (Å²) in [5.41, 5.74) is 7.01. The fourth-order valence-electron chi connectivity index (χ4n) is 2.65. The van der Waals surface area contributed by atoms with Gasteiger partial charge in [-0.25, -0.2) is 4.39 Å². The van der Waals surface area contributed by atoms with Gasteiger partial charge in [0.15, 0.2) is 0 Å². The number of hydrogen-bond donors (Lipinski definition) is 1. The van der Waals surface area contributed by atoms with E-state index < -0.39 is 0 Å².